The van der Waals surface area contributed by atoms with Crippen molar-refractivity contribution >= 4 is 34.4 Å². The van der Waals surface area contributed by atoms with E-state index in [2.05, 4.69) is 25.5 Å². The number of rotatable bonds is 5. The van der Waals surface area contributed by atoms with Crippen LogP contribution < -0.4 is 16.0 Å². The van der Waals surface area contributed by atoms with Crippen molar-refractivity contribution in [1.29, 1.82) is 0 Å². The predicted octanol–water partition coefficient (Wildman–Crippen LogP) is 1.51. The van der Waals surface area contributed by atoms with Gasteiger partial charge in [0, 0.05) is 44.4 Å². The smallest absolute Gasteiger partial charge is 0.247 e. The number of amides is 1. The van der Waals surface area contributed by atoms with E-state index in [1.54, 1.807) is 32.7 Å². The van der Waals surface area contributed by atoms with E-state index in [-0.39, 0.29) is 12.5 Å². The molecule has 0 aliphatic heterocycles. The summed E-state index contributed by atoms with van der Waals surface area (Å²) in [5.41, 5.74) is 8.21. The van der Waals surface area contributed by atoms with E-state index in [0.717, 1.165) is 16.5 Å². The second-order valence-electron chi connectivity index (χ2n) is 6.84. The van der Waals surface area contributed by atoms with Gasteiger partial charge in [0.15, 0.2) is 5.82 Å². The van der Waals surface area contributed by atoms with Crippen LogP contribution in [0.3, 0.4) is 0 Å². The average Bonchev–Trinajstić information content (AvgIpc) is 3.26. The van der Waals surface area contributed by atoms with Gasteiger partial charge < -0.3 is 16.0 Å². The summed E-state index contributed by atoms with van der Waals surface area (Å²) in [4.78, 5) is 22.9. The normalized spacial score (nSPS) is 11.0. The minimum Gasteiger partial charge on any atom is -0.384 e. The van der Waals surface area contributed by atoms with Gasteiger partial charge >= 0.3 is 0 Å². The quantitative estimate of drug-likeness (QED) is 0.529. The molecule has 4 rings (SSSR count). The molecular formula is C19H21N9O. The molecule has 10 nitrogen and oxygen atoms in total. The number of nitrogens with zero attached hydrogens (tertiary/aromatic N) is 7. The number of aryl methyl sites for hydroxylation is 1. The largest absolute Gasteiger partial charge is 0.384 e. The number of nitrogens with one attached hydrogen (secondary N) is 1. The number of aromatic nitrogens is 6. The van der Waals surface area contributed by atoms with E-state index in [1.165, 1.54) is 0 Å². The highest BCUT2D eigenvalue weighted by molar-refractivity contribution is 5.99. The molecule has 1 aromatic carbocycles. The van der Waals surface area contributed by atoms with E-state index in [1.807, 2.05) is 45.4 Å². The first-order valence-electron chi connectivity index (χ1n) is 8.97. The van der Waals surface area contributed by atoms with E-state index in [4.69, 9.17) is 5.73 Å². The Kier molecular flexibility index (Phi) is 4.59. The SMILES string of the molecule is CN(C)c1nc(N)cc(-c2cnn(CC(=O)Nc3nn(C)c4ccccc34)c2)n1. The highest BCUT2D eigenvalue weighted by Gasteiger charge is 2.13. The van der Waals surface area contributed by atoms with Crippen molar-refractivity contribution in [2.75, 3.05) is 30.0 Å². The van der Waals surface area contributed by atoms with Crippen LogP contribution in [0.4, 0.5) is 17.6 Å². The zero-order valence-electron chi connectivity index (χ0n) is 16.4. The first-order chi connectivity index (χ1) is 13.9. The van der Waals surface area contributed by atoms with Gasteiger partial charge in [-0.15, -0.1) is 0 Å². The molecule has 29 heavy (non-hydrogen) atoms. The van der Waals surface area contributed by atoms with Crippen LogP contribution in [0.25, 0.3) is 22.2 Å². The Morgan fingerprint density at radius 3 is 2.83 bits per heavy atom. The molecule has 3 aromatic heterocycles. The van der Waals surface area contributed by atoms with E-state index in [0.29, 0.717) is 23.3 Å². The number of fused-ring (bicyclic) bond motifs is 1. The number of nitrogen functional groups attached to an aromatic ring is 1. The Hall–Kier alpha value is -3.95. The van der Waals surface area contributed by atoms with Crippen molar-refractivity contribution in [1.82, 2.24) is 29.5 Å². The van der Waals surface area contributed by atoms with Crippen molar-refractivity contribution in [3.63, 3.8) is 0 Å². The van der Waals surface area contributed by atoms with Crippen molar-refractivity contribution in [3.05, 3.63) is 42.7 Å². The molecule has 4 aromatic rings. The number of benzene rings is 1. The molecule has 0 saturated carbocycles. The lowest BCUT2D eigenvalue weighted by Crippen LogP contribution is -2.19. The fourth-order valence-corrected chi connectivity index (χ4v) is 3.01. The third kappa shape index (κ3) is 3.72. The standard InChI is InChI=1S/C19H21N9O/c1-26(2)19-22-14(8-16(20)23-19)12-9-21-28(10-12)11-17(29)24-18-13-6-4-5-7-15(13)27(3)25-18/h4-10H,11H2,1-3H3,(H2,20,22,23)(H,24,25,29). The van der Waals surface area contributed by atoms with Crippen molar-refractivity contribution in [2.24, 2.45) is 7.05 Å². The molecule has 1 amide bonds. The third-order valence-electron chi connectivity index (χ3n) is 4.38. The van der Waals surface area contributed by atoms with Crippen LogP contribution >= 0.6 is 0 Å². The van der Waals surface area contributed by atoms with Gasteiger partial charge in [-0.05, 0) is 12.1 Å². The van der Waals surface area contributed by atoms with Crippen LogP contribution in [0.1, 0.15) is 0 Å². The number of carbonyl (C=O) groups is 1. The van der Waals surface area contributed by atoms with Crippen molar-refractivity contribution in [3.8, 4) is 11.3 Å². The monoisotopic (exact) mass is 391 g/mol. The maximum Gasteiger partial charge on any atom is 0.247 e. The molecule has 3 heterocycles. The minimum atomic E-state index is -0.223. The van der Waals surface area contributed by atoms with Crippen LogP contribution in [0, 0.1) is 0 Å². The summed E-state index contributed by atoms with van der Waals surface area (Å²) >= 11 is 0. The first kappa shape index (κ1) is 18.4. The maximum atomic E-state index is 12.5. The lowest BCUT2D eigenvalue weighted by Gasteiger charge is -2.11. The van der Waals surface area contributed by atoms with E-state index < -0.39 is 0 Å². The number of hydrogen-bond donors (Lipinski definition) is 2. The number of para-hydroxylation sites is 1. The molecular weight excluding hydrogens is 370 g/mol. The predicted molar refractivity (Wildman–Crippen MR) is 111 cm³/mol. The summed E-state index contributed by atoms with van der Waals surface area (Å²) in [6.45, 7) is 0.0476. The third-order valence-corrected chi connectivity index (χ3v) is 4.38. The number of anilines is 3. The lowest BCUT2D eigenvalue weighted by molar-refractivity contribution is -0.116. The van der Waals surface area contributed by atoms with Crippen LogP contribution in [0.2, 0.25) is 0 Å². The summed E-state index contributed by atoms with van der Waals surface area (Å²) in [6.07, 6.45) is 3.39. The first-order valence-corrected chi connectivity index (χ1v) is 8.97. The summed E-state index contributed by atoms with van der Waals surface area (Å²) in [5.74, 6) is 1.18. The summed E-state index contributed by atoms with van der Waals surface area (Å²) in [6, 6.07) is 9.39. The van der Waals surface area contributed by atoms with E-state index in [9.17, 15) is 4.79 Å². The highest BCUT2D eigenvalue weighted by Crippen LogP contribution is 2.22. The maximum absolute atomic E-state index is 12.5. The molecule has 0 aliphatic rings. The Morgan fingerprint density at radius 1 is 1.24 bits per heavy atom. The molecule has 0 fully saturated rings. The zero-order valence-corrected chi connectivity index (χ0v) is 16.4. The minimum absolute atomic E-state index is 0.0476. The number of nitrogens with two attached hydrogens (primary N) is 1. The molecule has 0 saturated heterocycles. The fourth-order valence-electron chi connectivity index (χ4n) is 3.01. The zero-order chi connectivity index (χ0) is 20.5. The topological polar surface area (TPSA) is 120 Å². The molecule has 10 heteroatoms. The second kappa shape index (κ2) is 7.23. The van der Waals surface area contributed by atoms with Crippen LogP contribution in [-0.4, -0.2) is 49.5 Å². The molecule has 0 radical (unpaired) electrons. The number of hydrogen-bond acceptors (Lipinski definition) is 7. The van der Waals surface area contributed by atoms with Gasteiger partial charge in [-0.3, -0.25) is 14.2 Å². The Balaban J connectivity index is 1.51. The molecule has 148 valence electrons. The van der Waals surface area contributed by atoms with Gasteiger partial charge in [-0.25, -0.2) is 4.98 Å². The molecule has 0 unspecified atom stereocenters. The lowest BCUT2D eigenvalue weighted by atomic mass is 10.2. The molecule has 0 bridgehead atoms. The summed E-state index contributed by atoms with van der Waals surface area (Å²) in [5, 5.41) is 12.4. The van der Waals surface area contributed by atoms with Crippen molar-refractivity contribution < 1.29 is 4.79 Å². The molecule has 0 aliphatic carbocycles. The summed E-state index contributed by atoms with van der Waals surface area (Å²) < 4.78 is 3.28. The van der Waals surface area contributed by atoms with Crippen LogP contribution in [-0.2, 0) is 18.4 Å². The molecule has 0 atom stereocenters. The van der Waals surface area contributed by atoms with Gasteiger partial charge in [0.25, 0.3) is 0 Å². The van der Waals surface area contributed by atoms with Crippen LogP contribution in [0.15, 0.2) is 42.7 Å². The Labute approximate surface area is 167 Å². The fraction of sp³-hybridized carbons (Fsp3) is 0.211. The van der Waals surface area contributed by atoms with Crippen molar-refractivity contribution in [2.45, 2.75) is 6.54 Å². The highest BCUT2D eigenvalue weighted by atomic mass is 16.2. The molecule has 0 spiro atoms. The summed E-state index contributed by atoms with van der Waals surface area (Å²) in [7, 11) is 5.52. The van der Waals surface area contributed by atoms with Gasteiger partial charge in [-0.1, -0.05) is 12.1 Å². The van der Waals surface area contributed by atoms with Gasteiger partial charge in [-0.2, -0.15) is 15.2 Å². The van der Waals surface area contributed by atoms with Crippen LogP contribution in [0.5, 0.6) is 0 Å². The van der Waals surface area contributed by atoms with Gasteiger partial charge in [0.05, 0.1) is 17.4 Å². The Bertz CT molecular complexity index is 1190. The second-order valence-corrected chi connectivity index (χ2v) is 6.84. The molecule has 3 N–H and O–H groups in total. The Morgan fingerprint density at radius 2 is 2.03 bits per heavy atom. The average molecular weight is 391 g/mol. The van der Waals surface area contributed by atoms with Gasteiger partial charge in [0.1, 0.15) is 12.4 Å². The number of carbonyl (C=O) groups excluding carboxylic acids is 1. The van der Waals surface area contributed by atoms with E-state index >= 15 is 0 Å². The van der Waals surface area contributed by atoms with Gasteiger partial charge in [0.2, 0.25) is 11.9 Å².